The van der Waals surface area contributed by atoms with Crippen molar-refractivity contribution in [1.29, 1.82) is 0 Å². The zero-order valence-corrected chi connectivity index (χ0v) is 7.37. The van der Waals surface area contributed by atoms with Gasteiger partial charge in [-0.1, -0.05) is 0 Å². The predicted octanol–water partition coefficient (Wildman–Crippen LogP) is -0.175. The van der Waals surface area contributed by atoms with E-state index >= 15 is 0 Å². The standard InChI is InChI=1S/C9H17NO2/c11-6-9(7-12)5-8-1-3-10(9)4-2-8/h8,11-12H,1-7H2. The van der Waals surface area contributed by atoms with Crippen molar-refractivity contribution in [1.82, 2.24) is 4.90 Å². The van der Waals surface area contributed by atoms with E-state index in [9.17, 15) is 10.2 Å². The number of hydrogen-bond donors (Lipinski definition) is 2. The molecule has 0 atom stereocenters. The highest BCUT2D eigenvalue weighted by molar-refractivity contribution is 4.99. The van der Waals surface area contributed by atoms with E-state index in [2.05, 4.69) is 4.90 Å². The summed E-state index contributed by atoms with van der Waals surface area (Å²) in [5.41, 5.74) is -0.277. The van der Waals surface area contributed by atoms with Gasteiger partial charge in [-0.25, -0.2) is 0 Å². The van der Waals surface area contributed by atoms with Crippen LogP contribution in [0.2, 0.25) is 0 Å². The first-order chi connectivity index (χ1) is 5.80. The Morgan fingerprint density at radius 3 is 2.00 bits per heavy atom. The molecule has 3 saturated heterocycles. The van der Waals surface area contributed by atoms with Gasteiger partial charge in [0.15, 0.2) is 0 Å². The number of piperidine rings is 3. The first-order valence-electron chi connectivity index (χ1n) is 4.77. The Labute approximate surface area is 73.0 Å². The molecule has 0 aromatic rings. The summed E-state index contributed by atoms with van der Waals surface area (Å²) >= 11 is 0. The molecule has 0 unspecified atom stereocenters. The zero-order chi connectivity index (χ0) is 8.60. The van der Waals surface area contributed by atoms with Crippen molar-refractivity contribution in [3.05, 3.63) is 0 Å². The van der Waals surface area contributed by atoms with Crippen LogP contribution in [0.15, 0.2) is 0 Å². The maximum absolute atomic E-state index is 9.26. The highest BCUT2D eigenvalue weighted by Crippen LogP contribution is 2.38. The summed E-state index contributed by atoms with van der Waals surface area (Å²) in [6.07, 6.45) is 3.49. The van der Waals surface area contributed by atoms with Crippen LogP contribution in [0.1, 0.15) is 19.3 Å². The fraction of sp³-hybridized carbons (Fsp3) is 1.00. The van der Waals surface area contributed by atoms with Crippen LogP contribution >= 0.6 is 0 Å². The Balaban J connectivity index is 2.15. The third-order valence-electron chi connectivity index (χ3n) is 3.54. The maximum atomic E-state index is 9.26. The minimum Gasteiger partial charge on any atom is -0.394 e. The van der Waals surface area contributed by atoms with Gasteiger partial charge in [0.2, 0.25) is 0 Å². The quantitative estimate of drug-likeness (QED) is 0.606. The molecular weight excluding hydrogens is 154 g/mol. The normalized spacial score (nSPS) is 38.5. The van der Waals surface area contributed by atoms with E-state index in [1.807, 2.05) is 0 Å². The van der Waals surface area contributed by atoms with Crippen LogP contribution in [0.25, 0.3) is 0 Å². The second-order valence-corrected chi connectivity index (χ2v) is 4.18. The van der Waals surface area contributed by atoms with Crippen molar-refractivity contribution >= 4 is 0 Å². The SMILES string of the molecule is OCC1(CO)CC2CCN1CC2. The van der Waals surface area contributed by atoms with Crippen molar-refractivity contribution in [3.63, 3.8) is 0 Å². The van der Waals surface area contributed by atoms with E-state index in [0.717, 1.165) is 25.4 Å². The van der Waals surface area contributed by atoms with Crippen LogP contribution in [-0.4, -0.2) is 47.0 Å². The van der Waals surface area contributed by atoms with E-state index in [1.165, 1.54) is 12.8 Å². The van der Waals surface area contributed by atoms with E-state index in [0.29, 0.717) is 0 Å². The van der Waals surface area contributed by atoms with E-state index in [-0.39, 0.29) is 18.8 Å². The molecule has 70 valence electrons. The van der Waals surface area contributed by atoms with Gasteiger partial charge in [-0.15, -0.1) is 0 Å². The second kappa shape index (κ2) is 2.98. The van der Waals surface area contributed by atoms with Crippen LogP contribution < -0.4 is 0 Å². The zero-order valence-electron chi connectivity index (χ0n) is 7.37. The average Bonchev–Trinajstić information content (AvgIpc) is 2.19. The molecule has 0 radical (unpaired) electrons. The molecule has 3 nitrogen and oxygen atoms in total. The molecule has 2 N–H and O–H groups in total. The van der Waals surface area contributed by atoms with Gasteiger partial charge in [-0.05, 0) is 38.3 Å². The van der Waals surface area contributed by atoms with Gasteiger partial charge < -0.3 is 10.2 Å². The predicted molar refractivity (Wildman–Crippen MR) is 45.8 cm³/mol. The molecule has 0 aromatic carbocycles. The van der Waals surface area contributed by atoms with Crippen molar-refractivity contribution in [2.24, 2.45) is 5.92 Å². The molecule has 0 spiro atoms. The molecule has 3 heterocycles. The Hall–Kier alpha value is -0.120. The first kappa shape index (κ1) is 8.48. The lowest BCUT2D eigenvalue weighted by atomic mass is 9.75. The van der Waals surface area contributed by atoms with Gasteiger partial charge in [0.25, 0.3) is 0 Å². The molecule has 3 aliphatic heterocycles. The van der Waals surface area contributed by atoms with Gasteiger partial charge in [0.1, 0.15) is 0 Å². The fourth-order valence-electron chi connectivity index (χ4n) is 2.66. The molecule has 0 aliphatic carbocycles. The average molecular weight is 171 g/mol. The lowest BCUT2D eigenvalue weighted by Crippen LogP contribution is -2.62. The number of hydrogen-bond acceptors (Lipinski definition) is 3. The Morgan fingerprint density at radius 2 is 1.75 bits per heavy atom. The summed E-state index contributed by atoms with van der Waals surface area (Å²) < 4.78 is 0. The van der Waals surface area contributed by atoms with Gasteiger partial charge in [0.05, 0.1) is 18.8 Å². The van der Waals surface area contributed by atoms with Gasteiger partial charge in [-0.3, -0.25) is 4.90 Å². The number of nitrogens with zero attached hydrogens (tertiary/aromatic N) is 1. The van der Waals surface area contributed by atoms with Crippen molar-refractivity contribution in [2.45, 2.75) is 24.8 Å². The highest BCUT2D eigenvalue weighted by Gasteiger charge is 2.44. The number of aliphatic hydroxyl groups is 2. The Morgan fingerprint density at radius 1 is 1.17 bits per heavy atom. The van der Waals surface area contributed by atoms with Gasteiger partial charge >= 0.3 is 0 Å². The first-order valence-corrected chi connectivity index (χ1v) is 4.77. The number of fused-ring (bicyclic) bond motifs is 3. The van der Waals surface area contributed by atoms with Gasteiger partial charge in [0, 0.05) is 0 Å². The summed E-state index contributed by atoms with van der Waals surface area (Å²) in [7, 11) is 0. The molecule has 2 bridgehead atoms. The maximum Gasteiger partial charge on any atom is 0.0675 e. The van der Waals surface area contributed by atoms with Crippen molar-refractivity contribution in [2.75, 3.05) is 26.3 Å². The van der Waals surface area contributed by atoms with Crippen LogP contribution in [-0.2, 0) is 0 Å². The summed E-state index contributed by atoms with van der Waals surface area (Å²) in [5, 5.41) is 18.5. The van der Waals surface area contributed by atoms with E-state index in [4.69, 9.17) is 0 Å². The van der Waals surface area contributed by atoms with Crippen molar-refractivity contribution in [3.8, 4) is 0 Å². The van der Waals surface area contributed by atoms with Gasteiger partial charge in [-0.2, -0.15) is 0 Å². The number of rotatable bonds is 2. The minimum atomic E-state index is -0.277. The molecule has 3 heteroatoms. The lowest BCUT2D eigenvalue weighted by Gasteiger charge is -2.52. The smallest absolute Gasteiger partial charge is 0.0675 e. The van der Waals surface area contributed by atoms with Crippen molar-refractivity contribution < 1.29 is 10.2 Å². The molecule has 3 rings (SSSR count). The topological polar surface area (TPSA) is 43.7 Å². The molecule has 0 aromatic heterocycles. The lowest BCUT2D eigenvalue weighted by molar-refractivity contribution is -0.0868. The molecule has 3 fully saturated rings. The monoisotopic (exact) mass is 171 g/mol. The summed E-state index contributed by atoms with van der Waals surface area (Å²) in [6, 6.07) is 0. The van der Waals surface area contributed by atoms with Crippen LogP contribution in [0, 0.1) is 5.92 Å². The third-order valence-corrected chi connectivity index (χ3v) is 3.54. The molecule has 12 heavy (non-hydrogen) atoms. The van der Waals surface area contributed by atoms with E-state index < -0.39 is 0 Å². The third kappa shape index (κ3) is 1.08. The fourth-order valence-corrected chi connectivity index (χ4v) is 2.66. The minimum absolute atomic E-state index is 0.111. The second-order valence-electron chi connectivity index (χ2n) is 4.18. The summed E-state index contributed by atoms with van der Waals surface area (Å²) in [5.74, 6) is 0.745. The summed E-state index contributed by atoms with van der Waals surface area (Å²) in [6.45, 7) is 2.34. The van der Waals surface area contributed by atoms with Crippen LogP contribution in [0.4, 0.5) is 0 Å². The Kier molecular flexibility index (Phi) is 2.10. The molecule has 3 aliphatic rings. The van der Waals surface area contributed by atoms with Crippen LogP contribution in [0.5, 0.6) is 0 Å². The molecule has 0 amide bonds. The van der Waals surface area contributed by atoms with Crippen LogP contribution in [0.3, 0.4) is 0 Å². The number of aliphatic hydroxyl groups excluding tert-OH is 2. The van der Waals surface area contributed by atoms with E-state index in [1.54, 1.807) is 0 Å². The molecule has 0 saturated carbocycles. The highest BCUT2D eigenvalue weighted by atomic mass is 16.3. The Bertz CT molecular complexity index is 160. The largest absolute Gasteiger partial charge is 0.394 e. The molecular formula is C9H17NO2. The summed E-state index contributed by atoms with van der Waals surface area (Å²) in [4.78, 5) is 2.26.